The van der Waals surface area contributed by atoms with Crippen LogP contribution in [0.5, 0.6) is 0 Å². The Hall–Kier alpha value is -15.5. The fourth-order valence-corrected chi connectivity index (χ4v) is 23.0. The Bertz CT molecular complexity index is 8560. The molecule has 2 nitrogen and oxygen atoms in total. The molecule has 2 heteroatoms. The first-order valence-corrected chi connectivity index (χ1v) is 43.6. The van der Waals surface area contributed by atoms with E-state index in [1.54, 1.807) is 0 Å². The van der Waals surface area contributed by atoms with E-state index in [0.717, 1.165) is 16.9 Å². The Morgan fingerprint density at radius 1 is 0.145 bits per heavy atom. The summed E-state index contributed by atoms with van der Waals surface area (Å²) in [6.45, 7) is 9.66. The van der Waals surface area contributed by atoms with Gasteiger partial charge in [0.25, 0.3) is 0 Å². The van der Waals surface area contributed by atoms with Crippen LogP contribution >= 0.6 is 0 Å². The lowest BCUT2D eigenvalue weighted by Gasteiger charge is -2.24. The summed E-state index contributed by atoms with van der Waals surface area (Å²) in [7, 11) is 0. The van der Waals surface area contributed by atoms with Gasteiger partial charge in [-0.2, -0.15) is 0 Å². The van der Waals surface area contributed by atoms with Gasteiger partial charge in [0.05, 0.1) is 22.1 Å². The summed E-state index contributed by atoms with van der Waals surface area (Å²) in [6, 6.07) is 157. The molecule has 0 N–H and O–H groups in total. The van der Waals surface area contributed by atoms with E-state index in [4.69, 9.17) is 0 Å². The van der Waals surface area contributed by atoms with Gasteiger partial charge < -0.3 is 9.13 Å². The highest BCUT2D eigenvalue weighted by Crippen LogP contribution is 2.58. The van der Waals surface area contributed by atoms with Gasteiger partial charge in [-0.1, -0.05) is 373 Å². The zero-order valence-corrected chi connectivity index (χ0v) is 69.2. The van der Waals surface area contributed by atoms with Gasteiger partial charge in [-0.05, 0) is 275 Å². The molecule has 0 bridgehead atoms. The molecule has 578 valence electrons. The van der Waals surface area contributed by atoms with E-state index < -0.39 is 0 Å². The zero-order chi connectivity index (χ0) is 82.0. The van der Waals surface area contributed by atoms with Crippen molar-refractivity contribution in [1.82, 2.24) is 9.13 Å². The number of nitrogens with zero attached hydrogens (tertiary/aromatic N) is 2. The van der Waals surface area contributed by atoms with Crippen LogP contribution in [-0.4, -0.2) is 9.13 Å². The normalized spacial score (nSPS) is 13.3. The second kappa shape index (κ2) is 26.5. The molecule has 124 heavy (non-hydrogen) atoms. The second-order valence-corrected chi connectivity index (χ2v) is 35.5. The van der Waals surface area contributed by atoms with Crippen LogP contribution in [-0.2, 0) is 10.8 Å². The highest BCUT2D eigenvalue weighted by Gasteiger charge is 2.39. The van der Waals surface area contributed by atoms with Crippen LogP contribution in [0.2, 0.25) is 0 Å². The minimum Gasteiger partial charge on any atom is -0.309 e. The molecule has 0 radical (unpaired) electrons. The average molecular weight is 1570 g/mol. The van der Waals surface area contributed by atoms with Gasteiger partial charge in [-0.25, -0.2) is 0 Å². The third kappa shape index (κ3) is 9.99. The molecule has 22 aromatic carbocycles. The Labute approximate surface area is 718 Å². The minimum atomic E-state index is -0.317. The number of para-hydroxylation sites is 3. The molecule has 2 aliphatic rings. The van der Waals surface area contributed by atoms with Crippen molar-refractivity contribution in [3.63, 3.8) is 0 Å². The maximum absolute atomic E-state index is 2.54. The van der Waals surface area contributed by atoms with Gasteiger partial charge in [-0.15, -0.1) is 0 Å². The van der Waals surface area contributed by atoms with Crippen molar-refractivity contribution >= 4 is 130 Å². The van der Waals surface area contributed by atoms with Crippen molar-refractivity contribution in [2.24, 2.45) is 0 Å². The third-order valence-corrected chi connectivity index (χ3v) is 28.4. The first kappa shape index (κ1) is 70.4. The van der Waals surface area contributed by atoms with Crippen LogP contribution in [0.15, 0.2) is 413 Å². The summed E-state index contributed by atoms with van der Waals surface area (Å²) >= 11 is 0. The molecular formula is C122H80N2. The minimum absolute atomic E-state index is 0.123. The van der Waals surface area contributed by atoms with Crippen LogP contribution < -0.4 is 0 Å². The van der Waals surface area contributed by atoms with Crippen molar-refractivity contribution in [2.45, 2.75) is 38.5 Å². The molecule has 0 unspecified atom stereocenters. The number of hydrogen-bond donors (Lipinski definition) is 0. The first-order valence-electron chi connectivity index (χ1n) is 43.6. The molecule has 0 spiro atoms. The van der Waals surface area contributed by atoms with Crippen LogP contribution in [0.4, 0.5) is 0 Å². The van der Waals surface area contributed by atoms with E-state index >= 15 is 0 Å². The Kier molecular flexibility index (Phi) is 15.0. The van der Waals surface area contributed by atoms with E-state index in [1.807, 2.05) is 0 Å². The van der Waals surface area contributed by atoms with E-state index in [2.05, 4.69) is 449 Å². The summed E-state index contributed by atoms with van der Waals surface area (Å²) in [5, 5.41) is 24.7. The van der Waals surface area contributed by atoms with Crippen molar-refractivity contribution in [1.29, 1.82) is 0 Å². The summed E-state index contributed by atoms with van der Waals surface area (Å²) in [5.41, 5.74) is 34.6. The van der Waals surface area contributed by atoms with E-state index in [-0.39, 0.29) is 10.8 Å². The van der Waals surface area contributed by atoms with Gasteiger partial charge in [0.2, 0.25) is 0 Å². The monoisotopic (exact) mass is 1570 g/mol. The lowest BCUT2D eigenvalue weighted by Crippen LogP contribution is -2.15. The highest BCUT2D eigenvalue weighted by molar-refractivity contribution is 6.33. The van der Waals surface area contributed by atoms with E-state index in [1.165, 1.54) is 247 Å². The molecule has 0 aliphatic heterocycles. The quantitative estimate of drug-likeness (QED) is 0.128. The van der Waals surface area contributed by atoms with Crippen molar-refractivity contribution in [3.8, 4) is 112 Å². The standard InChI is InChI=1S/C122H80N2/c1-121(2)105-53-29-27-35-81(105)82-62-57-75(68-107(82)121)113-89-37-11-19-45-97(89)117(98-46-20-12-38-90(98)113)118-99-47-21-13-39-91(99)114(92-40-14-22-48-100(92)118)76-58-63-84-83-61-55-73(67-106(83)122(3,4)108(84)69-76)74-56-64-87-88-66-60-78(72-112(88)124(110(87)70-74)80-33-9-6-10-34-80)116-95-43-17-25-51-103(95)120(104-52-26-18-44-96(104)116)119-101-49-23-15-41-93(101)115(94-42-16-24-50-102(94)119)77-59-65-86-85-36-28-30-54-109(85)123(111(86)71-77)79-31-7-5-8-32-79/h5-72H,1-4H3. The van der Waals surface area contributed by atoms with Gasteiger partial charge in [-0.3, -0.25) is 0 Å². The predicted molar refractivity (Wildman–Crippen MR) is 528 cm³/mol. The molecule has 0 saturated carbocycles. The van der Waals surface area contributed by atoms with Crippen LogP contribution in [0, 0.1) is 0 Å². The van der Waals surface area contributed by atoms with Crippen molar-refractivity contribution in [3.05, 3.63) is 435 Å². The van der Waals surface area contributed by atoms with Crippen LogP contribution in [0.3, 0.4) is 0 Å². The highest BCUT2D eigenvalue weighted by atomic mass is 15.0. The van der Waals surface area contributed by atoms with E-state index in [0.29, 0.717) is 0 Å². The number of rotatable bonds is 9. The summed E-state index contributed by atoms with van der Waals surface area (Å²) in [4.78, 5) is 0. The van der Waals surface area contributed by atoms with E-state index in [9.17, 15) is 0 Å². The molecule has 0 atom stereocenters. The maximum Gasteiger partial charge on any atom is 0.0547 e. The van der Waals surface area contributed by atoms with Gasteiger partial charge >= 0.3 is 0 Å². The fourth-order valence-electron chi connectivity index (χ4n) is 23.0. The summed E-state index contributed by atoms with van der Waals surface area (Å²) < 4.78 is 4.95. The van der Waals surface area contributed by atoms with Crippen molar-refractivity contribution < 1.29 is 0 Å². The molecule has 2 heterocycles. The first-order chi connectivity index (χ1) is 61.1. The molecule has 0 fully saturated rings. The zero-order valence-electron chi connectivity index (χ0n) is 69.2. The molecule has 2 aromatic heterocycles. The molecule has 0 saturated heterocycles. The molecular weight excluding hydrogens is 1490 g/mol. The number of fused-ring (bicyclic) bond motifs is 20. The van der Waals surface area contributed by atoms with Gasteiger partial charge in [0.15, 0.2) is 0 Å². The number of benzene rings is 22. The molecule has 24 aromatic rings. The van der Waals surface area contributed by atoms with Gasteiger partial charge in [0, 0.05) is 43.7 Å². The topological polar surface area (TPSA) is 9.86 Å². The number of aromatic nitrogens is 2. The SMILES string of the molecule is CC1(C)c2ccccc2-c2ccc(-c3c4ccccc4c(-c4c5ccccc5c(-c5ccc6c(c5)C(C)(C)c5cc(-c7ccc8c9ccc(-c%10c%11ccccc%11c(-c%11c%12ccccc%12c(-c%12ccc%13c%14ccccc%14n(-c%14ccccc%14)c%13c%12)c%12ccccc%11%12)c%11ccccc%10%11)cc9n(-c9ccccc9)c8c7)ccc5-6)c5ccccc45)c4ccccc34)cc21. The Balaban J connectivity index is 0.584. The van der Waals surface area contributed by atoms with Crippen molar-refractivity contribution in [2.75, 3.05) is 0 Å². The summed E-state index contributed by atoms with van der Waals surface area (Å²) in [5.74, 6) is 0. The molecule has 26 rings (SSSR count). The second-order valence-electron chi connectivity index (χ2n) is 35.5. The largest absolute Gasteiger partial charge is 0.309 e. The fraction of sp³-hybridized carbons (Fsp3) is 0.0492. The summed E-state index contributed by atoms with van der Waals surface area (Å²) in [6.07, 6.45) is 0. The van der Waals surface area contributed by atoms with Gasteiger partial charge in [0.1, 0.15) is 0 Å². The lowest BCUT2D eigenvalue weighted by molar-refractivity contribution is 0.660. The lowest BCUT2D eigenvalue weighted by atomic mass is 9.78. The van der Waals surface area contributed by atoms with Crippen LogP contribution in [0.25, 0.3) is 241 Å². The predicted octanol–water partition coefficient (Wildman–Crippen LogP) is 33.4. The Morgan fingerprint density at radius 2 is 0.355 bits per heavy atom. The number of hydrogen-bond acceptors (Lipinski definition) is 0. The third-order valence-electron chi connectivity index (χ3n) is 28.4. The smallest absolute Gasteiger partial charge is 0.0547 e. The Morgan fingerprint density at radius 3 is 0.702 bits per heavy atom. The average Bonchev–Trinajstić information content (AvgIpc) is 0.820. The maximum atomic E-state index is 2.54. The molecule has 2 aliphatic carbocycles. The molecule has 0 amide bonds. The van der Waals surface area contributed by atoms with Crippen LogP contribution in [0.1, 0.15) is 49.9 Å².